The summed E-state index contributed by atoms with van der Waals surface area (Å²) in [6, 6.07) is 5.16. The number of nitrogens with two attached hydrogens (primary N) is 1. The van der Waals surface area contributed by atoms with Gasteiger partial charge in [0.15, 0.2) is 11.5 Å². The first-order valence-corrected chi connectivity index (χ1v) is 6.27. The highest BCUT2D eigenvalue weighted by molar-refractivity contribution is 5.76. The average molecular weight is 262 g/mol. The topological polar surface area (TPSA) is 78.4 Å². The van der Waals surface area contributed by atoms with Crippen LogP contribution in [0, 0.1) is 12.8 Å². The molecule has 1 aromatic carbocycles. The lowest BCUT2D eigenvalue weighted by molar-refractivity contribution is -0.146. The van der Waals surface area contributed by atoms with Gasteiger partial charge in [0.1, 0.15) is 5.52 Å². The Morgan fingerprint density at radius 1 is 1.53 bits per heavy atom. The van der Waals surface area contributed by atoms with Gasteiger partial charge in [-0.2, -0.15) is 0 Å². The van der Waals surface area contributed by atoms with Crippen molar-refractivity contribution < 1.29 is 13.9 Å². The molecule has 1 heterocycles. The molecule has 5 heteroatoms. The van der Waals surface area contributed by atoms with Crippen molar-refractivity contribution in [1.82, 2.24) is 4.98 Å². The van der Waals surface area contributed by atoms with Crippen LogP contribution in [0.3, 0.4) is 0 Å². The van der Waals surface area contributed by atoms with E-state index in [2.05, 4.69) is 4.98 Å². The van der Waals surface area contributed by atoms with Crippen LogP contribution >= 0.6 is 0 Å². The summed E-state index contributed by atoms with van der Waals surface area (Å²) in [5.41, 5.74) is 8.49. The standard InChI is InChI=1S/C14H18N2O3/c1-4-10(14(17)18-3)13(15)9-5-6-11-12(7-9)19-8(2)16-11/h5-7,10,13H,4,15H2,1-3H3. The number of fused-ring (bicyclic) bond motifs is 1. The zero-order chi connectivity index (χ0) is 14.0. The van der Waals surface area contributed by atoms with Crippen molar-refractivity contribution in [3.05, 3.63) is 29.7 Å². The van der Waals surface area contributed by atoms with Gasteiger partial charge in [-0.05, 0) is 24.1 Å². The third-order valence-corrected chi connectivity index (χ3v) is 3.28. The van der Waals surface area contributed by atoms with Gasteiger partial charge in [-0.15, -0.1) is 0 Å². The Morgan fingerprint density at radius 3 is 2.89 bits per heavy atom. The first-order chi connectivity index (χ1) is 9.06. The predicted molar refractivity (Wildman–Crippen MR) is 71.5 cm³/mol. The Bertz CT molecular complexity index is 591. The second kappa shape index (κ2) is 5.40. The van der Waals surface area contributed by atoms with Gasteiger partial charge >= 0.3 is 5.97 Å². The van der Waals surface area contributed by atoms with Crippen LogP contribution < -0.4 is 5.73 Å². The van der Waals surface area contributed by atoms with Gasteiger partial charge in [0, 0.05) is 13.0 Å². The van der Waals surface area contributed by atoms with Crippen molar-refractivity contribution in [1.29, 1.82) is 0 Å². The molecule has 0 aliphatic heterocycles. The second-order valence-corrected chi connectivity index (χ2v) is 4.52. The molecule has 0 radical (unpaired) electrons. The van der Waals surface area contributed by atoms with E-state index in [1.165, 1.54) is 7.11 Å². The van der Waals surface area contributed by atoms with E-state index >= 15 is 0 Å². The summed E-state index contributed by atoms with van der Waals surface area (Å²) in [5, 5.41) is 0. The lowest BCUT2D eigenvalue weighted by atomic mass is 9.91. The lowest BCUT2D eigenvalue weighted by Gasteiger charge is -2.20. The molecule has 0 aliphatic rings. The third-order valence-electron chi connectivity index (χ3n) is 3.28. The van der Waals surface area contributed by atoms with E-state index in [0.717, 1.165) is 11.1 Å². The Kier molecular flexibility index (Phi) is 3.85. The highest BCUT2D eigenvalue weighted by atomic mass is 16.5. The summed E-state index contributed by atoms with van der Waals surface area (Å²) in [7, 11) is 1.38. The first-order valence-electron chi connectivity index (χ1n) is 6.27. The molecule has 2 rings (SSSR count). The monoisotopic (exact) mass is 262 g/mol. The number of hydrogen-bond acceptors (Lipinski definition) is 5. The maximum absolute atomic E-state index is 11.7. The van der Waals surface area contributed by atoms with Gasteiger partial charge in [-0.3, -0.25) is 4.79 Å². The number of carbonyl (C=O) groups excluding carboxylic acids is 1. The molecular formula is C14H18N2O3. The molecule has 5 nitrogen and oxygen atoms in total. The normalized spacial score (nSPS) is 14.3. The van der Waals surface area contributed by atoms with Crippen molar-refractivity contribution in [2.24, 2.45) is 11.7 Å². The number of benzene rings is 1. The molecule has 0 aliphatic carbocycles. The SMILES string of the molecule is CCC(C(=O)OC)C(N)c1ccc2nc(C)oc2c1. The molecular weight excluding hydrogens is 244 g/mol. The largest absolute Gasteiger partial charge is 0.469 e. The number of rotatable bonds is 4. The Morgan fingerprint density at radius 2 is 2.26 bits per heavy atom. The van der Waals surface area contributed by atoms with E-state index in [1.807, 2.05) is 25.1 Å². The molecule has 2 N–H and O–H groups in total. The molecule has 2 aromatic rings. The van der Waals surface area contributed by atoms with Crippen molar-refractivity contribution in [2.45, 2.75) is 26.3 Å². The fraction of sp³-hybridized carbons (Fsp3) is 0.429. The fourth-order valence-electron chi connectivity index (χ4n) is 2.21. The zero-order valence-corrected chi connectivity index (χ0v) is 11.3. The van der Waals surface area contributed by atoms with E-state index in [1.54, 1.807) is 6.92 Å². The van der Waals surface area contributed by atoms with E-state index in [0.29, 0.717) is 17.9 Å². The molecule has 19 heavy (non-hydrogen) atoms. The van der Waals surface area contributed by atoms with Crippen molar-refractivity contribution >= 4 is 17.1 Å². The minimum atomic E-state index is -0.410. The first kappa shape index (κ1) is 13.5. The average Bonchev–Trinajstić information content (AvgIpc) is 2.77. The van der Waals surface area contributed by atoms with E-state index in [9.17, 15) is 4.79 Å². The van der Waals surface area contributed by atoms with Crippen molar-refractivity contribution in [2.75, 3.05) is 7.11 Å². The zero-order valence-electron chi connectivity index (χ0n) is 11.3. The summed E-state index contributed by atoms with van der Waals surface area (Å²) >= 11 is 0. The number of ether oxygens (including phenoxy) is 1. The lowest BCUT2D eigenvalue weighted by Crippen LogP contribution is -2.28. The number of oxazole rings is 1. The van der Waals surface area contributed by atoms with Crippen LogP contribution in [0.15, 0.2) is 22.6 Å². The van der Waals surface area contributed by atoms with Gasteiger partial charge in [-0.25, -0.2) is 4.98 Å². The smallest absolute Gasteiger partial charge is 0.310 e. The van der Waals surface area contributed by atoms with Crippen LogP contribution in [0.1, 0.15) is 30.8 Å². The van der Waals surface area contributed by atoms with Crippen molar-refractivity contribution in [3.8, 4) is 0 Å². The summed E-state index contributed by atoms with van der Waals surface area (Å²) in [6.45, 7) is 3.71. The van der Waals surface area contributed by atoms with Gasteiger partial charge in [-0.1, -0.05) is 13.0 Å². The number of nitrogens with zero attached hydrogens (tertiary/aromatic N) is 1. The minimum Gasteiger partial charge on any atom is -0.469 e. The molecule has 0 amide bonds. The van der Waals surface area contributed by atoms with Gasteiger partial charge in [0.25, 0.3) is 0 Å². The van der Waals surface area contributed by atoms with Gasteiger partial charge in [0.2, 0.25) is 0 Å². The van der Waals surface area contributed by atoms with Crippen LogP contribution in [0.25, 0.3) is 11.1 Å². The third kappa shape index (κ3) is 2.61. The fourth-order valence-corrected chi connectivity index (χ4v) is 2.21. The quantitative estimate of drug-likeness (QED) is 0.855. The summed E-state index contributed by atoms with van der Waals surface area (Å²) in [4.78, 5) is 15.9. The molecule has 102 valence electrons. The minimum absolute atomic E-state index is 0.288. The van der Waals surface area contributed by atoms with E-state index < -0.39 is 6.04 Å². The highest BCUT2D eigenvalue weighted by Crippen LogP contribution is 2.26. The maximum Gasteiger partial charge on any atom is 0.310 e. The highest BCUT2D eigenvalue weighted by Gasteiger charge is 2.26. The molecule has 0 bridgehead atoms. The molecule has 0 spiro atoms. The Hall–Kier alpha value is -1.88. The maximum atomic E-state index is 11.7. The number of esters is 1. The van der Waals surface area contributed by atoms with E-state index in [4.69, 9.17) is 14.9 Å². The molecule has 1 aromatic heterocycles. The number of aryl methyl sites for hydroxylation is 1. The number of carbonyl (C=O) groups is 1. The van der Waals surface area contributed by atoms with Crippen LogP contribution in [0.4, 0.5) is 0 Å². The summed E-state index contributed by atoms with van der Waals surface area (Å²) < 4.78 is 10.3. The Balaban J connectivity index is 2.34. The van der Waals surface area contributed by atoms with Crippen molar-refractivity contribution in [3.63, 3.8) is 0 Å². The molecule has 0 fully saturated rings. The predicted octanol–water partition coefficient (Wildman–Crippen LogP) is 2.34. The second-order valence-electron chi connectivity index (χ2n) is 4.52. The molecule has 2 unspecified atom stereocenters. The van der Waals surface area contributed by atoms with E-state index in [-0.39, 0.29) is 11.9 Å². The number of hydrogen-bond donors (Lipinski definition) is 1. The van der Waals surface area contributed by atoms with Crippen LogP contribution in [0.2, 0.25) is 0 Å². The molecule has 2 atom stereocenters. The molecule has 0 saturated carbocycles. The van der Waals surface area contributed by atoms with Crippen LogP contribution in [-0.2, 0) is 9.53 Å². The van der Waals surface area contributed by atoms with Crippen LogP contribution in [-0.4, -0.2) is 18.1 Å². The summed E-state index contributed by atoms with van der Waals surface area (Å²) in [5.74, 6) is -0.0314. The summed E-state index contributed by atoms with van der Waals surface area (Å²) in [6.07, 6.45) is 0.626. The van der Waals surface area contributed by atoms with Crippen LogP contribution in [0.5, 0.6) is 0 Å². The number of aromatic nitrogens is 1. The Labute approximate surface area is 111 Å². The number of methoxy groups -OCH3 is 1. The van der Waals surface area contributed by atoms with Gasteiger partial charge < -0.3 is 14.9 Å². The van der Waals surface area contributed by atoms with Gasteiger partial charge in [0.05, 0.1) is 13.0 Å². The molecule has 0 saturated heterocycles.